The fraction of sp³-hybridized carbons (Fsp3) is 0.429. The second kappa shape index (κ2) is 8.17. The largest absolute Gasteiger partial charge is 0.366 e. The van der Waals surface area contributed by atoms with Crippen molar-refractivity contribution in [3.63, 3.8) is 0 Å². The number of carbonyl (C=O) groups is 1. The number of carbonyl (C=O) groups excluding carboxylic acids is 1. The first kappa shape index (κ1) is 18.3. The molecule has 2 heterocycles. The van der Waals surface area contributed by atoms with Crippen LogP contribution in [-0.2, 0) is 9.53 Å². The number of ether oxygens (including phenoxy) is 1. The van der Waals surface area contributed by atoms with Gasteiger partial charge in [0.2, 0.25) is 0 Å². The Morgan fingerprint density at radius 3 is 2.91 bits per heavy atom. The van der Waals surface area contributed by atoms with E-state index in [-0.39, 0.29) is 18.3 Å². The molecule has 9 heteroatoms. The molecule has 2 aliphatic rings. The molecule has 2 aliphatic heterocycles. The molecule has 6 nitrogen and oxygen atoms in total. The number of amidine groups is 1. The maximum atomic E-state index is 12.1. The predicted octanol–water partition coefficient (Wildman–Crippen LogP) is 2.04. The Labute approximate surface area is 150 Å². The Bertz CT molecular complexity index is 606. The second-order valence-corrected chi connectivity index (χ2v) is 5.89. The second-order valence-electron chi connectivity index (χ2n) is 5.07. The molecule has 1 fully saturated rings. The average molecular weight is 380 g/mol. The summed E-state index contributed by atoms with van der Waals surface area (Å²) in [5.41, 5.74) is 0.842. The van der Waals surface area contributed by atoms with Crippen molar-refractivity contribution in [1.29, 1.82) is 0 Å². The fourth-order valence-corrected chi connectivity index (χ4v) is 2.63. The van der Waals surface area contributed by atoms with Crippen LogP contribution < -0.4 is 15.6 Å². The molecule has 1 aromatic carbocycles. The highest BCUT2D eigenvalue weighted by Gasteiger charge is 2.25. The number of hydrogen-bond acceptors (Lipinski definition) is 5. The number of hydrazone groups is 1. The van der Waals surface area contributed by atoms with Crippen LogP contribution in [0.1, 0.15) is 6.42 Å². The van der Waals surface area contributed by atoms with E-state index in [1.165, 1.54) is 0 Å². The van der Waals surface area contributed by atoms with Crippen LogP contribution in [0.25, 0.3) is 0 Å². The van der Waals surface area contributed by atoms with Crippen LogP contribution >= 0.6 is 35.6 Å². The van der Waals surface area contributed by atoms with Crippen molar-refractivity contribution < 1.29 is 9.53 Å². The molecular weight excluding hydrogens is 363 g/mol. The van der Waals surface area contributed by atoms with Gasteiger partial charge in [0.25, 0.3) is 5.91 Å². The molecule has 0 bridgehead atoms. The standard InChI is InChI=1S/C14H16Cl2N4O2.ClH/c15-10-2-1-9(7-11(10)16)20-5-3-13(19-20)18-14(21)12-8-17-4-6-22-12;/h1-2,7,12,17H,3-6,8H2,(H,18,19,21);1H/t12-;/m1./s1. The summed E-state index contributed by atoms with van der Waals surface area (Å²) in [4.78, 5) is 12.1. The summed E-state index contributed by atoms with van der Waals surface area (Å²) in [7, 11) is 0. The van der Waals surface area contributed by atoms with Crippen molar-refractivity contribution in [3.8, 4) is 0 Å². The normalized spacial score (nSPS) is 20.7. The highest BCUT2D eigenvalue weighted by molar-refractivity contribution is 6.42. The Morgan fingerprint density at radius 1 is 1.39 bits per heavy atom. The Hall–Kier alpha value is -1.05. The molecule has 0 spiro atoms. The van der Waals surface area contributed by atoms with Gasteiger partial charge < -0.3 is 15.4 Å². The van der Waals surface area contributed by atoms with E-state index in [0.29, 0.717) is 42.0 Å². The van der Waals surface area contributed by atoms with Crippen LogP contribution in [0.2, 0.25) is 10.0 Å². The molecular formula is C14H17Cl3N4O2. The van der Waals surface area contributed by atoms with E-state index in [4.69, 9.17) is 27.9 Å². The summed E-state index contributed by atoms with van der Waals surface area (Å²) < 4.78 is 5.42. The van der Waals surface area contributed by atoms with Crippen LogP contribution in [-0.4, -0.2) is 44.1 Å². The third kappa shape index (κ3) is 4.49. The number of anilines is 1. The van der Waals surface area contributed by atoms with Gasteiger partial charge in [-0.05, 0) is 18.2 Å². The van der Waals surface area contributed by atoms with Gasteiger partial charge in [0.1, 0.15) is 11.9 Å². The van der Waals surface area contributed by atoms with E-state index in [1.54, 1.807) is 17.1 Å². The average Bonchev–Trinajstić information content (AvgIpc) is 2.99. The van der Waals surface area contributed by atoms with Crippen LogP contribution in [0.4, 0.5) is 5.69 Å². The minimum Gasteiger partial charge on any atom is -0.366 e. The van der Waals surface area contributed by atoms with Gasteiger partial charge in [0, 0.05) is 26.1 Å². The number of nitrogens with zero attached hydrogens (tertiary/aromatic N) is 2. The molecule has 1 saturated heterocycles. The summed E-state index contributed by atoms with van der Waals surface area (Å²) in [5.74, 6) is 0.465. The number of hydrogen-bond donors (Lipinski definition) is 2. The van der Waals surface area contributed by atoms with Gasteiger partial charge in [-0.25, -0.2) is 0 Å². The minimum absolute atomic E-state index is 0. The van der Waals surface area contributed by atoms with Crippen molar-refractivity contribution in [2.45, 2.75) is 12.5 Å². The van der Waals surface area contributed by atoms with E-state index >= 15 is 0 Å². The predicted molar refractivity (Wildman–Crippen MR) is 93.9 cm³/mol. The lowest BCUT2D eigenvalue weighted by atomic mass is 10.2. The molecule has 0 saturated carbocycles. The Kier molecular flexibility index (Phi) is 6.50. The molecule has 0 aromatic heterocycles. The Morgan fingerprint density at radius 2 is 2.22 bits per heavy atom. The zero-order chi connectivity index (χ0) is 15.5. The molecule has 1 amide bonds. The lowest BCUT2D eigenvalue weighted by Crippen LogP contribution is -2.49. The van der Waals surface area contributed by atoms with Gasteiger partial charge in [-0.1, -0.05) is 23.2 Å². The first-order valence-corrected chi connectivity index (χ1v) is 7.82. The summed E-state index contributed by atoms with van der Waals surface area (Å²) in [6.07, 6.45) is 0.196. The molecule has 3 rings (SSSR count). The molecule has 1 aromatic rings. The van der Waals surface area contributed by atoms with Gasteiger partial charge in [-0.15, -0.1) is 12.4 Å². The molecule has 0 aliphatic carbocycles. The molecule has 126 valence electrons. The third-order valence-electron chi connectivity index (χ3n) is 3.49. The van der Waals surface area contributed by atoms with Crippen LogP contribution in [0, 0.1) is 0 Å². The van der Waals surface area contributed by atoms with Gasteiger partial charge in [0.15, 0.2) is 0 Å². The topological polar surface area (TPSA) is 66.0 Å². The van der Waals surface area contributed by atoms with E-state index in [0.717, 1.165) is 12.2 Å². The number of rotatable bonds is 2. The van der Waals surface area contributed by atoms with E-state index < -0.39 is 6.10 Å². The van der Waals surface area contributed by atoms with Gasteiger partial charge in [0.05, 0.1) is 22.3 Å². The lowest BCUT2D eigenvalue weighted by molar-refractivity contribution is -0.132. The van der Waals surface area contributed by atoms with Crippen molar-refractivity contribution in [1.82, 2.24) is 10.6 Å². The van der Waals surface area contributed by atoms with E-state index in [9.17, 15) is 4.79 Å². The van der Waals surface area contributed by atoms with Gasteiger partial charge >= 0.3 is 0 Å². The molecule has 2 N–H and O–H groups in total. The number of amides is 1. The molecule has 0 radical (unpaired) electrons. The highest BCUT2D eigenvalue weighted by atomic mass is 35.5. The lowest BCUT2D eigenvalue weighted by Gasteiger charge is -2.22. The van der Waals surface area contributed by atoms with Gasteiger partial charge in [-0.2, -0.15) is 5.10 Å². The zero-order valence-corrected chi connectivity index (χ0v) is 14.5. The Balaban J connectivity index is 0.00000192. The molecule has 0 unspecified atom stereocenters. The summed E-state index contributed by atoms with van der Waals surface area (Å²) in [5, 5.41) is 13.1. The van der Waals surface area contributed by atoms with Crippen molar-refractivity contribution in [3.05, 3.63) is 28.2 Å². The smallest absolute Gasteiger partial charge is 0.255 e. The first-order chi connectivity index (χ1) is 10.6. The van der Waals surface area contributed by atoms with Crippen LogP contribution in [0.5, 0.6) is 0 Å². The summed E-state index contributed by atoms with van der Waals surface area (Å²) in [6.45, 7) is 2.52. The third-order valence-corrected chi connectivity index (χ3v) is 4.23. The van der Waals surface area contributed by atoms with Crippen molar-refractivity contribution in [2.75, 3.05) is 31.3 Å². The zero-order valence-electron chi connectivity index (χ0n) is 12.2. The minimum atomic E-state index is -0.463. The fourth-order valence-electron chi connectivity index (χ4n) is 2.33. The monoisotopic (exact) mass is 378 g/mol. The summed E-state index contributed by atoms with van der Waals surface area (Å²) in [6, 6.07) is 5.33. The van der Waals surface area contributed by atoms with E-state index in [1.807, 2.05) is 6.07 Å². The number of nitrogens with one attached hydrogen (secondary N) is 2. The van der Waals surface area contributed by atoms with E-state index in [2.05, 4.69) is 15.7 Å². The quantitative estimate of drug-likeness (QED) is 0.825. The maximum absolute atomic E-state index is 12.1. The molecule has 23 heavy (non-hydrogen) atoms. The van der Waals surface area contributed by atoms with Crippen LogP contribution in [0.15, 0.2) is 23.3 Å². The SMILES string of the molecule is Cl.O=C(NC1=NN(c2ccc(Cl)c(Cl)c2)CC1)[C@H]1CNCCO1. The number of morpholine rings is 1. The first-order valence-electron chi connectivity index (χ1n) is 7.07. The number of benzene rings is 1. The summed E-state index contributed by atoms with van der Waals surface area (Å²) >= 11 is 11.9. The highest BCUT2D eigenvalue weighted by Crippen LogP contribution is 2.28. The molecule has 1 atom stereocenters. The van der Waals surface area contributed by atoms with Gasteiger partial charge in [-0.3, -0.25) is 9.80 Å². The van der Waals surface area contributed by atoms with Crippen molar-refractivity contribution in [2.24, 2.45) is 5.10 Å². The maximum Gasteiger partial charge on any atom is 0.255 e. The van der Waals surface area contributed by atoms with Crippen molar-refractivity contribution >= 4 is 53.0 Å². The number of halogens is 3. The van der Waals surface area contributed by atoms with Crippen LogP contribution in [0.3, 0.4) is 0 Å².